The van der Waals surface area contributed by atoms with Crippen molar-refractivity contribution in [1.29, 1.82) is 0 Å². The Labute approximate surface area is 229 Å². The number of ether oxygens (including phenoxy) is 2. The lowest BCUT2D eigenvalue weighted by Gasteiger charge is -2.30. The van der Waals surface area contributed by atoms with E-state index in [1.165, 1.54) is 4.90 Å². The smallest absolute Gasteiger partial charge is 0.328 e. The minimum atomic E-state index is -0.861. The number of amides is 1. The van der Waals surface area contributed by atoms with Gasteiger partial charge >= 0.3 is 11.9 Å². The Kier molecular flexibility index (Phi) is 14.8. The zero-order valence-corrected chi connectivity index (χ0v) is 22.8. The third kappa shape index (κ3) is 11.6. The third-order valence-corrected chi connectivity index (χ3v) is 6.57. The molecule has 3 atom stereocenters. The van der Waals surface area contributed by atoms with Gasteiger partial charge in [-0.25, -0.2) is 4.79 Å². The first-order valence-electron chi connectivity index (χ1n) is 13.8. The second kappa shape index (κ2) is 18.1. The van der Waals surface area contributed by atoms with Gasteiger partial charge in [0.25, 0.3) is 5.09 Å². The molecular weight excluding hydrogens is 508 g/mol. The molecule has 1 amide bonds. The molecule has 1 heterocycles. The number of nitrogens with one attached hydrogen (secondary N) is 1. The number of nitrogens with two attached hydrogens (primary N) is 1. The van der Waals surface area contributed by atoms with Crippen LogP contribution in [0.1, 0.15) is 63.9 Å². The van der Waals surface area contributed by atoms with Crippen LogP contribution in [0.15, 0.2) is 30.3 Å². The molecule has 1 aromatic carbocycles. The third-order valence-electron chi connectivity index (χ3n) is 6.57. The summed E-state index contributed by atoms with van der Waals surface area (Å²) >= 11 is 0. The molecule has 0 radical (unpaired) electrons. The number of carbonyl (C=O) groups excluding carboxylic acids is 3. The number of hydrogen-bond donors (Lipinski definition) is 2. The number of hydrogen-bond acceptors (Lipinski definition) is 10. The van der Waals surface area contributed by atoms with E-state index in [9.17, 15) is 24.5 Å². The van der Waals surface area contributed by atoms with Gasteiger partial charge in [0.1, 0.15) is 12.1 Å². The van der Waals surface area contributed by atoms with Crippen molar-refractivity contribution in [3.05, 3.63) is 46.0 Å². The maximum atomic E-state index is 13.7. The van der Waals surface area contributed by atoms with Crippen molar-refractivity contribution in [1.82, 2.24) is 10.2 Å². The molecule has 0 spiro atoms. The van der Waals surface area contributed by atoms with Crippen LogP contribution < -0.4 is 11.1 Å². The van der Waals surface area contributed by atoms with Gasteiger partial charge in [-0.2, -0.15) is 0 Å². The normalized spacial score (nSPS) is 16.4. The highest BCUT2D eigenvalue weighted by atomic mass is 16.9. The molecule has 218 valence electrons. The van der Waals surface area contributed by atoms with Crippen LogP contribution in [-0.2, 0) is 35.1 Å². The van der Waals surface area contributed by atoms with Crippen molar-refractivity contribution in [3.8, 4) is 0 Å². The largest absolute Gasteiger partial charge is 0.465 e. The average Bonchev–Trinajstić information content (AvgIpc) is 3.42. The molecule has 1 saturated heterocycles. The summed E-state index contributed by atoms with van der Waals surface area (Å²) in [5.74, 6) is -1.16. The van der Waals surface area contributed by atoms with Crippen molar-refractivity contribution in [2.75, 3.05) is 32.9 Å². The van der Waals surface area contributed by atoms with Crippen molar-refractivity contribution in [3.63, 3.8) is 0 Å². The molecule has 0 aromatic heterocycles. The molecule has 12 heteroatoms. The molecule has 0 aliphatic carbocycles. The molecule has 3 N–H and O–H groups in total. The van der Waals surface area contributed by atoms with Gasteiger partial charge in [-0.1, -0.05) is 36.8 Å². The highest BCUT2D eigenvalue weighted by molar-refractivity contribution is 5.89. The molecule has 0 bridgehead atoms. The number of unbranched alkanes of at least 4 members (excludes halogenated alkanes) is 2. The quantitative estimate of drug-likeness (QED) is 0.113. The van der Waals surface area contributed by atoms with E-state index < -0.39 is 35.2 Å². The standard InChI is InChI=1S/C27H42N4O8/c1-2-37-26(33)23(16-15-21-11-4-3-5-12-21)29-22(13-6-7-17-28)25(32)30-18-10-14-24(30)27(34)38-19-8-9-20-39-31(35)36/h3-5,11-12,22-24,29H,2,6-10,13-20,28H2,1H3/t22-,23-,24-/m0/s1. The van der Waals surface area contributed by atoms with Crippen LogP contribution in [0.4, 0.5) is 0 Å². The van der Waals surface area contributed by atoms with Gasteiger partial charge in [-0.15, -0.1) is 10.1 Å². The molecular formula is C27H42N4O8. The zero-order chi connectivity index (χ0) is 28.5. The van der Waals surface area contributed by atoms with Gasteiger partial charge in [0.15, 0.2) is 0 Å². The van der Waals surface area contributed by atoms with Crippen LogP contribution in [0.2, 0.25) is 0 Å². The van der Waals surface area contributed by atoms with E-state index in [4.69, 9.17) is 15.2 Å². The lowest BCUT2D eigenvalue weighted by Crippen LogP contribution is -2.54. The number of esters is 2. The maximum absolute atomic E-state index is 13.7. The van der Waals surface area contributed by atoms with E-state index in [0.717, 1.165) is 12.0 Å². The lowest BCUT2D eigenvalue weighted by atomic mass is 10.0. The number of benzene rings is 1. The van der Waals surface area contributed by atoms with E-state index in [-0.39, 0.29) is 25.7 Å². The minimum Gasteiger partial charge on any atom is -0.465 e. The summed E-state index contributed by atoms with van der Waals surface area (Å²) in [6.45, 7) is 2.89. The summed E-state index contributed by atoms with van der Waals surface area (Å²) in [4.78, 5) is 55.3. The van der Waals surface area contributed by atoms with Crippen LogP contribution in [0.5, 0.6) is 0 Å². The Morgan fingerprint density at radius 1 is 1.08 bits per heavy atom. The SMILES string of the molecule is CCOC(=O)[C@H](CCc1ccccc1)N[C@@H](CCCCN)C(=O)N1CCC[C@H]1C(=O)OCCCCO[N+](=O)[O-]. The molecule has 1 fully saturated rings. The van der Waals surface area contributed by atoms with Gasteiger partial charge in [0.2, 0.25) is 5.91 Å². The molecule has 1 aromatic rings. The summed E-state index contributed by atoms with van der Waals surface area (Å²) in [5, 5.41) is 12.6. The van der Waals surface area contributed by atoms with E-state index in [1.807, 2.05) is 30.3 Å². The Balaban J connectivity index is 2.05. The van der Waals surface area contributed by atoms with Gasteiger partial charge in [0, 0.05) is 6.54 Å². The summed E-state index contributed by atoms with van der Waals surface area (Å²) in [6, 6.07) is 7.70. The second-order valence-corrected chi connectivity index (χ2v) is 9.45. The highest BCUT2D eigenvalue weighted by Gasteiger charge is 2.39. The second-order valence-electron chi connectivity index (χ2n) is 9.45. The first kappa shape index (κ1) is 32.0. The van der Waals surface area contributed by atoms with E-state index in [1.54, 1.807) is 6.92 Å². The number of rotatable bonds is 19. The molecule has 0 unspecified atom stereocenters. The fraction of sp³-hybridized carbons (Fsp3) is 0.667. The van der Waals surface area contributed by atoms with E-state index in [0.29, 0.717) is 64.5 Å². The topological polar surface area (TPSA) is 163 Å². The van der Waals surface area contributed by atoms with Gasteiger partial charge in [-0.3, -0.25) is 14.9 Å². The Hall–Kier alpha value is -3.25. The number of aryl methyl sites for hydroxylation is 1. The molecule has 2 rings (SSSR count). The average molecular weight is 551 g/mol. The van der Waals surface area contributed by atoms with Gasteiger partial charge in [0.05, 0.1) is 25.9 Å². The van der Waals surface area contributed by atoms with Crippen LogP contribution in [0.3, 0.4) is 0 Å². The molecule has 1 aliphatic heterocycles. The maximum Gasteiger partial charge on any atom is 0.328 e. The van der Waals surface area contributed by atoms with Crippen LogP contribution in [-0.4, -0.2) is 78.9 Å². The van der Waals surface area contributed by atoms with E-state index >= 15 is 0 Å². The summed E-state index contributed by atoms with van der Waals surface area (Å²) < 4.78 is 10.7. The van der Waals surface area contributed by atoms with Crippen LogP contribution in [0.25, 0.3) is 0 Å². The first-order chi connectivity index (χ1) is 18.9. The van der Waals surface area contributed by atoms with Crippen LogP contribution >= 0.6 is 0 Å². The highest BCUT2D eigenvalue weighted by Crippen LogP contribution is 2.22. The molecule has 12 nitrogen and oxygen atoms in total. The molecule has 1 aliphatic rings. The first-order valence-corrected chi connectivity index (χ1v) is 13.8. The predicted octanol–water partition coefficient (Wildman–Crippen LogP) is 2.16. The van der Waals surface area contributed by atoms with Crippen molar-refractivity contribution in [2.24, 2.45) is 5.73 Å². The minimum absolute atomic E-state index is 0.0688. The summed E-state index contributed by atoms with van der Waals surface area (Å²) in [7, 11) is 0. The van der Waals surface area contributed by atoms with Gasteiger partial charge < -0.3 is 24.9 Å². The Morgan fingerprint density at radius 3 is 2.51 bits per heavy atom. The molecule has 39 heavy (non-hydrogen) atoms. The monoisotopic (exact) mass is 550 g/mol. The predicted molar refractivity (Wildman–Crippen MR) is 143 cm³/mol. The number of nitrogens with zero attached hydrogens (tertiary/aromatic N) is 2. The fourth-order valence-corrected chi connectivity index (χ4v) is 4.57. The summed E-state index contributed by atoms with van der Waals surface area (Å²) in [5.41, 5.74) is 6.75. The fourth-order valence-electron chi connectivity index (χ4n) is 4.57. The van der Waals surface area contributed by atoms with Gasteiger partial charge in [-0.05, 0) is 70.4 Å². The lowest BCUT2D eigenvalue weighted by molar-refractivity contribution is -0.757. The van der Waals surface area contributed by atoms with Crippen LogP contribution in [0, 0.1) is 10.1 Å². The Bertz CT molecular complexity index is 901. The van der Waals surface area contributed by atoms with E-state index in [2.05, 4.69) is 10.2 Å². The molecule has 0 saturated carbocycles. The Morgan fingerprint density at radius 2 is 1.82 bits per heavy atom. The number of likely N-dealkylation sites (tertiary alicyclic amines) is 1. The number of carbonyl (C=O) groups is 3. The van der Waals surface area contributed by atoms with Crippen molar-refractivity contribution < 1.29 is 33.8 Å². The summed E-state index contributed by atoms with van der Waals surface area (Å²) in [6.07, 6.45) is 4.88. The van der Waals surface area contributed by atoms with Crippen molar-refractivity contribution >= 4 is 17.8 Å². The van der Waals surface area contributed by atoms with Crippen molar-refractivity contribution in [2.45, 2.75) is 82.8 Å². The zero-order valence-electron chi connectivity index (χ0n) is 22.8.